The number of nitrogens with two attached hydrogens (primary N) is 1. The van der Waals surface area contributed by atoms with Crippen molar-refractivity contribution in [2.75, 3.05) is 26.4 Å². The average molecular weight is 287 g/mol. The van der Waals surface area contributed by atoms with E-state index in [1.807, 2.05) is 54.6 Å². The molecule has 2 rings (SSSR count). The number of rotatable bonds is 9. The van der Waals surface area contributed by atoms with Gasteiger partial charge in [0.25, 0.3) is 0 Å². The third kappa shape index (κ3) is 5.45. The average Bonchev–Trinajstić information content (AvgIpc) is 2.55. The van der Waals surface area contributed by atoms with Crippen LogP contribution in [-0.2, 0) is 11.3 Å². The summed E-state index contributed by atoms with van der Waals surface area (Å²) in [5.74, 6) is 1.68. The van der Waals surface area contributed by atoms with Crippen molar-refractivity contribution in [1.29, 1.82) is 0 Å². The minimum atomic E-state index is 0.474. The highest BCUT2D eigenvalue weighted by Gasteiger charge is 2.00. The van der Waals surface area contributed by atoms with Gasteiger partial charge in [0.15, 0.2) is 0 Å². The molecule has 0 aliphatic heterocycles. The fourth-order valence-electron chi connectivity index (χ4n) is 1.86. The van der Waals surface area contributed by atoms with Gasteiger partial charge in [0.05, 0.1) is 13.2 Å². The number of hydrogen-bond donors (Lipinski definition) is 1. The van der Waals surface area contributed by atoms with Gasteiger partial charge in [0.1, 0.15) is 24.7 Å². The van der Waals surface area contributed by atoms with Crippen LogP contribution in [0.2, 0.25) is 0 Å². The lowest BCUT2D eigenvalue weighted by Crippen LogP contribution is -2.13. The minimum absolute atomic E-state index is 0.474. The molecule has 0 aliphatic rings. The van der Waals surface area contributed by atoms with Gasteiger partial charge in [-0.05, 0) is 18.2 Å². The Morgan fingerprint density at radius 3 is 2.14 bits per heavy atom. The largest absolute Gasteiger partial charge is 0.491 e. The van der Waals surface area contributed by atoms with Crippen molar-refractivity contribution in [3.8, 4) is 11.5 Å². The molecule has 0 saturated heterocycles. The van der Waals surface area contributed by atoms with Crippen molar-refractivity contribution in [2.45, 2.75) is 6.54 Å². The van der Waals surface area contributed by atoms with E-state index >= 15 is 0 Å². The summed E-state index contributed by atoms with van der Waals surface area (Å²) < 4.78 is 16.6. The van der Waals surface area contributed by atoms with Gasteiger partial charge in [0.2, 0.25) is 0 Å². The Bertz CT molecular complexity index is 516. The highest BCUT2D eigenvalue weighted by atomic mass is 16.5. The lowest BCUT2D eigenvalue weighted by Gasteiger charge is -2.10. The molecule has 2 aromatic carbocycles. The molecule has 4 heteroatoms. The molecule has 21 heavy (non-hydrogen) atoms. The summed E-state index contributed by atoms with van der Waals surface area (Å²) in [5, 5.41) is 0. The van der Waals surface area contributed by atoms with Gasteiger partial charge in [0, 0.05) is 12.1 Å². The van der Waals surface area contributed by atoms with E-state index in [-0.39, 0.29) is 0 Å². The van der Waals surface area contributed by atoms with Crippen molar-refractivity contribution >= 4 is 0 Å². The Morgan fingerprint density at radius 2 is 1.38 bits per heavy atom. The fraction of sp³-hybridized carbons (Fsp3) is 0.294. The summed E-state index contributed by atoms with van der Waals surface area (Å²) in [6.45, 7) is 2.57. The molecular formula is C17H21NO3. The van der Waals surface area contributed by atoms with Crippen LogP contribution in [0, 0.1) is 0 Å². The normalized spacial score (nSPS) is 10.3. The molecule has 112 valence electrons. The maximum atomic E-state index is 5.65. The molecule has 0 unspecified atom stereocenters. The Morgan fingerprint density at radius 1 is 0.714 bits per heavy atom. The van der Waals surface area contributed by atoms with Gasteiger partial charge < -0.3 is 19.9 Å². The maximum Gasteiger partial charge on any atom is 0.123 e. The highest BCUT2D eigenvalue weighted by Crippen LogP contribution is 2.16. The molecule has 0 spiro atoms. The smallest absolute Gasteiger partial charge is 0.123 e. The van der Waals surface area contributed by atoms with Crippen LogP contribution in [-0.4, -0.2) is 26.4 Å². The minimum Gasteiger partial charge on any atom is -0.491 e. The first-order valence-corrected chi connectivity index (χ1v) is 7.06. The second-order valence-electron chi connectivity index (χ2n) is 4.43. The van der Waals surface area contributed by atoms with Crippen LogP contribution in [0.1, 0.15) is 5.56 Å². The zero-order chi connectivity index (χ0) is 14.8. The third-order valence-electron chi connectivity index (χ3n) is 2.92. The molecule has 0 saturated carbocycles. The standard InChI is InChI=1S/C17H21NO3/c18-14-15-6-4-5-9-17(15)21-13-11-19-10-12-20-16-7-2-1-3-8-16/h1-9H,10-14,18H2. The summed E-state index contributed by atoms with van der Waals surface area (Å²) in [6, 6.07) is 17.5. The van der Waals surface area contributed by atoms with E-state index < -0.39 is 0 Å². The first kappa shape index (κ1) is 15.4. The van der Waals surface area contributed by atoms with Gasteiger partial charge in [-0.3, -0.25) is 0 Å². The molecule has 0 fully saturated rings. The molecule has 0 radical (unpaired) electrons. The quantitative estimate of drug-likeness (QED) is 0.720. The molecule has 0 amide bonds. The van der Waals surface area contributed by atoms with Gasteiger partial charge in [-0.15, -0.1) is 0 Å². The first-order valence-electron chi connectivity index (χ1n) is 7.06. The SMILES string of the molecule is NCc1ccccc1OCCOCCOc1ccccc1. The number of para-hydroxylation sites is 2. The van der Waals surface area contributed by atoms with E-state index in [2.05, 4.69) is 0 Å². The van der Waals surface area contributed by atoms with Crippen LogP contribution in [0.4, 0.5) is 0 Å². The van der Waals surface area contributed by atoms with Crippen LogP contribution in [0.25, 0.3) is 0 Å². The van der Waals surface area contributed by atoms with Gasteiger partial charge in [-0.2, -0.15) is 0 Å². The van der Waals surface area contributed by atoms with E-state index in [1.54, 1.807) is 0 Å². The predicted octanol–water partition coefficient (Wildman–Crippen LogP) is 2.62. The summed E-state index contributed by atoms with van der Waals surface area (Å²) in [5.41, 5.74) is 6.65. The maximum absolute atomic E-state index is 5.65. The summed E-state index contributed by atoms with van der Waals surface area (Å²) in [7, 11) is 0. The summed E-state index contributed by atoms with van der Waals surface area (Å²) in [6.07, 6.45) is 0. The lowest BCUT2D eigenvalue weighted by atomic mass is 10.2. The summed E-state index contributed by atoms with van der Waals surface area (Å²) in [4.78, 5) is 0. The van der Waals surface area contributed by atoms with Crippen molar-refractivity contribution < 1.29 is 14.2 Å². The van der Waals surface area contributed by atoms with E-state index in [0.717, 1.165) is 17.1 Å². The topological polar surface area (TPSA) is 53.7 Å². The molecule has 0 bridgehead atoms. The Labute approximate surface area is 125 Å². The molecule has 0 atom stereocenters. The first-order chi connectivity index (χ1) is 10.4. The van der Waals surface area contributed by atoms with Crippen LogP contribution in [0.3, 0.4) is 0 Å². The number of ether oxygens (including phenoxy) is 3. The van der Waals surface area contributed by atoms with Crippen molar-refractivity contribution in [3.05, 3.63) is 60.2 Å². The highest BCUT2D eigenvalue weighted by molar-refractivity contribution is 5.32. The van der Waals surface area contributed by atoms with Gasteiger partial charge in [-0.1, -0.05) is 36.4 Å². The van der Waals surface area contributed by atoms with Crippen molar-refractivity contribution in [2.24, 2.45) is 5.73 Å². The van der Waals surface area contributed by atoms with Crippen LogP contribution < -0.4 is 15.2 Å². The molecule has 2 aromatic rings. The monoisotopic (exact) mass is 287 g/mol. The van der Waals surface area contributed by atoms with E-state index in [4.69, 9.17) is 19.9 Å². The van der Waals surface area contributed by atoms with E-state index in [9.17, 15) is 0 Å². The van der Waals surface area contributed by atoms with Crippen LogP contribution >= 0.6 is 0 Å². The zero-order valence-electron chi connectivity index (χ0n) is 12.0. The molecule has 4 nitrogen and oxygen atoms in total. The van der Waals surface area contributed by atoms with E-state index in [1.165, 1.54) is 0 Å². The molecular weight excluding hydrogens is 266 g/mol. The fourth-order valence-corrected chi connectivity index (χ4v) is 1.86. The Hall–Kier alpha value is -2.04. The molecule has 0 aliphatic carbocycles. The molecule has 0 aromatic heterocycles. The Balaban J connectivity index is 1.56. The molecule has 2 N–H and O–H groups in total. The lowest BCUT2D eigenvalue weighted by molar-refractivity contribution is 0.0762. The number of hydrogen-bond acceptors (Lipinski definition) is 4. The second-order valence-corrected chi connectivity index (χ2v) is 4.43. The van der Waals surface area contributed by atoms with Gasteiger partial charge in [-0.25, -0.2) is 0 Å². The Kier molecular flexibility index (Phi) is 6.58. The number of benzene rings is 2. The van der Waals surface area contributed by atoms with Crippen LogP contribution in [0.5, 0.6) is 11.5 Å². The van der Waals surface area contributed by atoms with Crippen molar-refractivity contribution in [3.63, 3.8) is 0 Å². The third-order valence-corrected chi connectivity index (χ3v) is 2.92. The predicted molar refractivity (Wildman–Crippen MR) is 82.6 cm³/mol. The molecule has 0 heterocycles. The van der Waals surface area contributed by atoms with Gasteiger partial charge >= 0.3 is 0 Å². The second kappa shape index (κ2) is 9.00. The summed E-state index contributed by atoms with van der Waals surface area (Å²) >= 11 is 0. The van der Waals surface area contributed by atoms with E-state index in [0.29, 0.717) is 33.0 Å². The zero-order valence-corrected chi connectivity index (χ0v) is 12.0. The van der Waals surface area contributed by atoms with Crippen molar-refractivity contribution in [1.82, 2.24) is 0 Å². The van der Waals surface area contributed by atoms with Crippen LogP contribution in [0.15, 0.2) is 54.6 Å².